The number of carboxylic acid groups (broad SMARTS) is 1. The van der Waals surface area contributed by atoms with Crippen molar-refractivity contribution in [3.63, 3.8) is 0 Å². The first-order chi connectivity index (χ1) is 17.2. The summed E-state index contributed by atoms with van der Waals surface area (Å²) in [5.41, 5.74) is -1.47. The van der Waals surface area contributed by atoms with Crippen molar-refractivity contribution in [2.75, 3.05) is 26.2 Å². The van der Waals surface area contributed by atoms with Gasteiger partial charge in [0.05, 0.1) is 19.6 Å². The topological polar surface area (TPSA) is 151 Å². The number of carbonyl (C=O) groups excluding carboxylic acids is 5. The third-order valence-electron chi connectivity index (χ3n) is 5.60. The van der Waals surface area contributed by atoms with Gasteiger partial charge in [-0.3, -0.25) is 24.2 Å². The average Bonchev–Trinajstić information content (AvgIpc) is 3.41. The second-order valence-corrected chi connectivity index (χ2v) is 11.4. The predicted octanol–water partition coefficient (Wildman–Crippen LogP) is 2.08. The summed E-state index contributed by atoms with van der Waals surface area (Å²) in [5.74, 6) is -5.26. The van der Waals surface area contributed by atoms with Gasteiger partial charge in [0.25, 0.3) is 5.92 Å². The zero-order chi connectivity index (χ0) is 29.2. The summed E-state index contributed by atoms with van der Waals surface area (Å²) in [6.07, 6.45) is -2.23. The van der Waals surface area contributed by atoms with E-state index in [1.54, 1.807) is 41.5 Å². The summed E-state index contributed by atoms with van der Waals surface area (Å²) < 4.78 is 36.7. The Kier molecular flexibility index (Phi) is 9.10. The summed E-state index contributed by atoms with van der Waals surface area (Å²) in [6.45, 7) is 8.89. The van der Waals surface area contributed by atoms with Gasteiger partial charge in [-0.25, -0.2) is 23.2 Å². The van der Waals surface area contributed by atoms with Crippen molar-refractivity contribution in [2.24, 2.45) is 0 Å². The number of hydrogen-bond donors (Lipinski definition) is 1. The molecule has 0 radical (unpaired) electrons. The molecule has 14 heteroatoms. The Labute approximate surface area is 219 Å². The molecule has 3 fully saturated rings. The summed E-state index contributed by atoms with van der Waals surface area (Å²) >= 11 is 0. The van der Waals surface area contributed by atoms with Crippen molar-refractivity contribution in [3.8, 4) is 0 Å². The molecule has 0 bridgehead atoms. The smallest absolute Gasteiger partial charge is 0.411 e. The van der Waals surface area contributed by atoms with Crippen LogP contribution in [0.4, 0.5) is 18.4 Å². The van der Waals surface area contributed by atoms with E-state index in [-0.39, 0.29) is 44.0 Å². The third kappa shape index (κ3) is 8.62. The molecule has 3 rings (SSSR count). The largest absolute Gasteiger partial charge is 0.480 e. The first-order valence-electron chi connectivity index (χ1n) is 12.1. The molecule has 0 aromatic heterocycles. The van der Waals surface area contributed by atoms with Gasteiger partial charge in [0.2, 0.25) is 5.91 Å². The Bertz CT molecular complexity index is 988. The number of likely N-dealkylation sites (tertiary alicyclic amines) is 3. The number of ether oxygens (including phenoxy) is 2. The molecule has 0 aromatic carbocycles. The Morgan fingerprint density at radius 1 is 0.842 bits per heavy atom. The summed E-state index contributed by atoms with van der Waals surface area (Å²) in [4.78, 5) is 72.6. The van der Waals surface area contributed by atoms with E-state index in [0.717, 1.165) is 14.7 Å². The lowest BCUT2D eigenvalue weighted by atomic mass is 10.2. The molecule has 2 atom stereocenters. The normalized spacial score (nSPS) is 23.2. The van der Waals surface area contributed by atoms with Crippen molar-refractivity contribution < 1.29 is 52.1 Å². The molecule has 0 aliphatic carbocycles. The van der Waals surface area contributed by atoms with Gasteiger partial charge in [0.15, 0.2) is 11.6 Å². The number of halogens is 2. The Morgan fingerprint density at radius 2 is 1.26 bits per heavy atom. The van der Waals surface area contributed by atoms with Gasteiger partial charge in [0.1, 0.15) is 23.3 Å². The Balaban J connectivity index is 0.000000281. The lowest BCUT2D eigenvalue weighted by Crippen LogP contribution is -2.48. The molecule has 12 nitrogen and oxygen atoms in total. The zero-order valence-electron chi connectivity index (χ0n) is 22.4. The van der Waals surface area contributed by atoms with Crippen molar-refractivity contribution in [1.29, 1.82) is 0 Å². The molecule has 0 aromatic rings. The van der Waals surface area contributed by atoms with E-state index in [2.05, 4.69) is 0 Å². The van der Waals surface area contributed by atoms with Gasteiger partial charge in [-0.05, 0) is 41.5 Å². The number of carbonyl (C=O) groups is 6. The van der Waals surface area contributed by atoms with Gasteiger partial charge >= 0.3 is 18.2 Å². The second-order valence-electron chi connectivity index (χ2n) is 11.4. The number of amides is 3. The van der Waals surface area contributed by atoms with Crippen LogP contribution in [0, 0.1) is 0 Å². The number of alkyl halides is 2. The molecular formula is C24H35F2N3O9. The number of hydrogen-bond acceptors (Lipinski definition) is 8. The van der Waals surface area contributed by atoms with Crippen LogP contribution >= 0.6 is 0 Å². The number of ketones is 2. The van der Waals surface area contributed by atoms with Crippen LogP contribution in [0.15, 0.2) is 0 Å². The van der Waals surface area contributed by atoms with Gasteiger partial charge in [-0.15, -0.1) is 0 Å². The number of nitrogens with zero attached hydrogens (tertiary/aromatic N) is 3. The molecule has 0 spiro atoms. The van der Waals surface area contributed by atoms with Crippen LogP contribution in [-0.2, 0) is 28.7 Å². The van der Waals surface area contributed by atoms with Crippen LogP contribution in [0.25, 0.3) is 0 Å². The maximum Gasteiger partial charge on any atom is 0.411 e. The van der Waals surface area contributed by atoms with Crippen LogP contribution in [-0.4, -0.2) is 111 Å². The van der Waals surface area contributed by atoms with E-state index in [9.17, 15) is 37.5 Å². The molecule has 38 heavy (non-hydrogen) atoms. The molecule has 0 saturated carbocycles. The first kappa shape index (κ1) is 30.9. The fraction of sp³-hybridized carbons (Fsp3) is 0.750. The first-order valence-corrected chi connectivity index (χ1v) is 12.1. The monoisotopic (exact) mass is 547 g/mol. The highest BCUT2D eigenvalue weighted by Crippen LogP contribution is 2.29. The van der Waals surface area contributed by atoms with Crippen LogP contribution < -0.4 is 0 Å². The van der Waals surface area contributed by atoms with Crippen molar-refractivity contribution in [2.45, 2.75) is 90.0 Å². The van der Waals surface area contributed by atoms with E-state index in [1.807, 2.05) is 0 Å². The molecular weight excluding hydrogens is 512 g/mol. The number of carboxylic acids is 1. The quantitative estimate of drug-likeness (QED) is 0.548. The molecule has 3 heterocycles. The minimum atomic E-state index is -2.91. The molecule has 3 aliphatic rings. The third-order valence-corrected chi connectivity index (χ3v) is 5.60. The molecule has 3 aliphatic heterocycles. The average molecular weight is 548 g/mol. The van der Waals surface area contributed by atoms with Gasteiger partial charge in [-0.1, -0.05) is 0 Å². The summed E-state index contributed by atoms with van der Waals surface area (Å²) in [6, 6.07) is -2.14. The summed E-state index contributed by atoms with van der Waals surface area (Å²) in [7, 11) is 0. The number of aliphatic carboxylic acids is 1. The van der Waals surface area contributed by atoms with Gasteiger partial charge in [-0.2, -0.15) is 0 Å². The maximum atomic E-state index is 13.2. The zero-order valence-corrected chi connectivity index (χ0v) is 22.4. The van der Waals surface area contributed by atoms with Crippen LogP contribution in [0.2, 0.25) is 0 Å². The maximum absolute atomic E-state index is 13.2. The Morgan fingerprint density at radius 3 is 1.63 bits per heavy atom. The minimum Gasteiger partial charge on any atom is -0.480 e. The molecule has 3 amide bonds. The summed E-state index contributed by atoms with van der Waals surface area (Å²) in [5, 5.41) is 8.85. The predicted molar refractivity (Wildman–Crippen MR) is 126 cm³/mol. The fourth-order valence-corrected chi connectivity index (χ4v) is 3.98. The van der Waals surface area contributed by atoms with Crippen molar-refractivity contribution >= 4 is 35.6 Å². The van der Waals surface area contributed by atoms with Gasteiger partial charge in [0, 0.05) is 25.8 Å². The van der Waals surface area contributed by atoms with E-state index in [1.165, 1.54) is 0 Å². The van der Waals surface area contributed by atoms with Crippen LogP contribution in [0.1, 0.15) is 60.8 Å². The molecule has 214 valence electrons. The standard InChI is InChI=1S/C14H20F2N2O4.C10H15NO5/c1-13(2,3)22-12(21)18-7-9(19)6-10(18)11(20)17-5-4-14(15,16)8-17;1-10(2,3)16-9(15)11-5-6(12)4-7(11)8(13)14/h10H,4-8H2,1-3H3;7H,4-5H2,1-3H3,(H,13,14)/t10-;7-/m00/s1. The van der Waals surface area contributed by atoms with Gasteiger partial charge < -0.3 is 19.5 Å². The van der Waals surface area contributed by atoms with Crippen molar-refractivity contribution in [1.82, 2.24) is 14.7 Å². The lowest BCUT2D eigenvalue weighted by molar-refractivity contribution is -0.142. The molecule has 1 N–H and O–H groups in total. The second kappa shape index (κ2) is 11.2. The fourth-order valence-electron chi connectivity index (χ4n) is 3.98. The number of Topliss-reactive ketones (excluding diaryl/α,β-unsaturated/α-hetero) is 2. The lowest BCUT2D eigenvalue weighted by Gasteiger charge is -2.29. The van der Waals surface area contributed by atoms with Crippen molar-refractivity contribution in [3.05, 3.63) is 0 Å². The van der Waals surface area contributed by atoms with Crippen LogP contribution in [0.3, 0.4) is 0 Å². The highest BCUT2D eigenvalue weighted by Gasteiger charge is 2.47. The molecule has 0 unspecified atom stereocenters. The highest BCUT2D eigenvalue weighted by molar-refractivity contribution is 5.98. The highest BCUT2D eigenvalue weighted by atomic mass is 19.3. The van der Waals surface area contributed by atoms with E-state index >= 15 is 0 Å². The minimum absolute atomic E-state index is 0.0708. The van der Waals surface area contributed by atoms with E-state index in [0.29, 0.717) is 0 Å². The Hall–Kier alpha value is -3.32. The van der Waals surface area contributed by atoms with E-state index in [4.69, 9.17) is 14.6 Å². The van der Waals surface area contributed by atoms with Crippen LogP contribution in [0.5, 0.6) is 0 Å². The number of rotatable bonds is 2. The SMILES string of the molecule is CC(C)(C)OC(=O)N1CC(=O)C[C@H]1C(=O)N1CCC(F)(F)C1.CC(C)(C)OC(=O)N1CC(=O)C[C@H]1C(=O)O. The van der Waals surface area contributed by atoms with E-state index < -0.39 is 66.2 Å². The molecule has 3 saturated heterocycles.